The fraction of sp³-hybridized carbons (Fsp3) is 0.571. The number of methoxy groups -OCH3 is 2. The maximum absolute atomic E-state index is 13.3. The maximum Gasteiger partial charge on any atom is 0.257 e. The quantitative estimate of drug-likeness (QED) is 0.455. The molecule has 1 aliphatic heterocycles. The van der Waals surface area contributed by atoms with Crippen molar-refractivity contribution < 1.29 is 23.9 Å². The Balaban J connectivity index is 1.86. The molecule has 1 unspecified atom stereocenters. The van der Waals surface area contributed by atoms with Crippen LogP contribution in [0, 0.1) is 5.92 Å². The van der Waals surface area contributed by atoms with E-state index >= 15 is 0 Å². The monoisotopic (exact) mass is 466 g/mol. The second-order valence-corrected chi connectivity index (χ2v) is 8.41. The molecule has 0 bridgehead atoms. The molecule has 158 valence electrons. The Kier molecular flexibility index (Phi) is 7.43. The summed E-state index contributed by atoms with van der Waals surface area (Å²) in [4.78, 5) is 41.9. The number of amides is 3. The summed E-state index contributed by atoms with van der Waals surface area (Å²) in [5, 5.41) is 0. The van der Waals surface area contributed by atoms with Crippen LogP contribution in [0.2, 0.25) is 0 Å². The van der Waals surface area contributed by atoms with Gasteiger partial charge < -0.3 is 14.4 Å². The van der Waals surface area contributed by atoms with E-state index in [4.69, 9.17) is 9.47 Å². The van der Waals surface area contributed by atoms with Crippen LogP contribution < -0.4 is 4.90 Å². The highest BCUT2D eigenvalue weighted by Crippen LogP contribution is 2.31. The van der Waals surface area contributed by atoms with Crippen molar-refractivity contribution >= 4 is 39.3 Å². The number of halogens is 1. The van der Waals surface area contributed by atoms with Crippen molar-refractivity contribution in [2.24, 2.45) is 5.92 Å². The van der Waals surface area contributed by atoms with Crippen LogP contribution >= 0.6 is 15.9 Å². The summed E-state index contributed by atoms with van der Waals surface area (Å²) in [6, 6.07) is 6.14. The predicted octanol–water partition coefficient (Wildman–Crippen LogP) is 3.11. The van der Waals surface area contributed by atoms with E-state index in [9.17, 15) is 14.4 Å². The summed E-state index contributed by atoms with van der Waals surface area (Å²) < 4.78 is 11.4. The van der Waals surface area contributed by atoms with Crippen LogP contribution in [0.15, 0.2) is 28.7 Å². The summed E-state index contributed by atoms with van der Waals surface area (Å²) >= 11 is 3.36. The van der Waals surface area contributed by atoms with Gasteiger partial charge in [-0.25, -0.2) is 4.90 Å². The van der Waals surface area contributed by atoms with E-state index in [1.165, 1.54) is 24.0 Å². The van der Waals surface area contributed by atoms with Gasteiger partial charge in [-0.15, -0.1) is 0 Å². The standard InChI is InChI=1S/C21H27BrN2O5/c1-28-19(29-2)13-23(20(26)14-6-4-3-5-7-14)17-12-18(25)24(21(17)27)16-10-8-15(22)9-11-16/h8-11,14,17,19H,3-7,12-13H2,1-2H3. The van der Waals surface area contributed by atoms with E-state index in [0.29, 0.717) is 5.69 Å². The Bertz CT molecular complexity index is 744. The third-order valence-electron chi connectivity index (χ3n) is 5.69. The lowest BCUT2D eigenvalue weighted by atomic mass is 9.88. The predicted molar refractivity (Wildman–Crippen MR) is 111 cm³/mol. The molecule has 0 N–H and O–H groups in total. The van der Waals surface area contributed by atoms with E-state index in [2.05, 4.69) is 15.9 Å². The number of nitrogens with zero attached hydrogens (tertiary/aromatic N) is 2. The van der Waals surface area contributed by atoms with E-state index in [-0.39, 0.29) is 36.6 Å². The van der Waals surface area contributed by atoms with Crippen LogP contribution in [0.4, 0.5) is 5.69 Å². The van der Waals surface area contributed by atoms with E-state index < -0.39 is 12.3 Å². The lowest BCUT2D eigenvalue weighted by molar-refractivity contribution is -0.156. The van der Waals surface area contributed by atoms with Crippen molar-refractivity contribution in [3.05, 3.63) is 28.7 Å². The van der Waals surface area contributed by atoms with Crippen molar-refractivity contribution in [2.75, 3.05) is 25.7 Å². The Morgan fingerprint density at radius 3 is 2.34 bits per heavy atom. The maximum atomic E-state index is 13.3. The Labute approximate surface area is 179 Å². The molecule has 2 fully saturated rings. The van der Waals surface area contributed by atoms with Crippen molar-refractivity contribution in [1.82, 2.24) is 4.90 Å². The number of benzene rings is 1. The van der Waals surface area contributed by atoms with Crippen molar-refractivity contribution in [1.29, 1.82) is 0 Å². The molecule has 3 rings (SSSR count). The number of carbonyl (C=O) groups is 3. The van der Waals surface area contributed by atoms with Crippen LogP contribution in [-0.2, 0) is 23.9 Å². The van der Waals surface area contributed by atoms with Gasteiger partial charge >= 0.3 is 0 Å². The summed E-state index contributed by atoms with van der Waals surface area (Å²) in [7, 11) is 2.99. The summed E-state index contributed by atoms with van der Waals surface area (Å²) in [6.45, 7) is 0.111. The molecule has 3 amide bonds. The van der Waals surface area contributed by atoms with E-state index in [1.807, 2.05) is 0 Å². The summed E-state index contributed by atoms with van der Waals surface area (Å²) in [6.07, 6.45) is 4.06. The van der Waals surface area contributed by atoms with Crippen molar-refractivity contribution in [3.8, 4) is 0 Å². The van der Waals surface area contributed by atoms with Gasteiger partial charge in [-0.3, -0.25) is 14.4 Å². The summed E-state index contributed by atoms with van der Waals surface area (Å²) in [5.41, 5.74) is 0.505. The van der Waals surface area contributed by atoms with Gasteiger partial charge in [0, 0.05) is 24.6 Å². The minimum atomic E-state index is -0.839. The van der Waals surface area contributed by atoms with Gasteiger partial charge in [0.15, 0.2) is 6.29 Å². The first kappa shape index (κ1) is 21.9. The average molecular weight is 467 g/mol. The zero-order valence-electron chi connectivity index (χ0n) is 16.8. The zero-order valence-corrected chi connectivity index (χ0v) is 18.4. The highest BCUT2D eigenvalue weighted by atomic mass is 79.9. The number of carbonyl (C=O) groups excluding carboxylic acids is 3. The lowest BCUT2D eigenvalue weighted by Gasteiger charge is -2.34. The fourth-order valence-corrected chi connectivity index (χ4v) is 4.35. The Morgan fingerprint density at radius 1 is 1.14 bits per heavy atom. The molecule has 8 heteroatoms. The number of anilines is 1. The first-order chi connectivity index (χ1) is 14.0. The molecule has 7 nitrogen and oxygen atoms in total. The van der Waals surface area contributed by atoms with E-state index in [0.717, 1.165) is 36.6 Å². The number of ether oxygens (including phenoxy) is 2. The minimum Gasteiger partial charge on any atom is -0.354 e. The third kappa shape index (κ3) is 4.87. The molecule has 1 aromatic rings. The van der Waals surface area contributed by atoms with Crippen LogP contribution in [0.5, 0.6) is 0 Å². The van der Waals surface area contributed by atoms with Crippen LogP contribution in [0.1, 0.15) is 38.5 Å². The summed E-state index contributed by atoms with van der Waals surface area (Å²) in [5.74, 6) is -0.905. The zero-order chi connectivity index (χ0) is 21.0. The minimum absolute atomic E-state index is 0.0342. The smallest absolute Gasteiger partial charge is 0.257 e. The molecule has 1 aromatic carbocycles. The first-order valence-corrected chi connectivity index (χ1v) is 10.7. The van der Waals surface area contributed by atoms with Crippen molar-refractivity contribution in [2.45, 2.75) is 50.9 Å². The van der Waals surface area contributed by atoms with Gasteiger partial charge in [0.05, 0.1) is 18.7 Å². The second-order valence-electron chi connectivity index (χ2n) is 7.49. The molecule has 1 saturated carbocycles. The molecule has 1 aliphatic carbocycles. The Hall–Kier alpha value is -1.77. The van der Waals surface area contributed by atoms with Gasteiger partial charge in [-0.05, 0) is 37.1 Å². The van der Waals surface area contributed by atoms with Gasteiger partial charge in [0.2, 0.25) is 11.8 Å². The lowest BCUT2D eigenvalue weighted by Crippen LogP contribution is -2.51. The van der Waals surface area contributed by atoms with Gasteiger partial charge in [0.1, 0.15) is 6.04 Å². The molecule has 2 aliphatic rings. The highest BCUT2D eigenvalue weighted by Gasteiger charge is 2.46. The normalized spacial score (nSPS) is 20.6. The number of hydrogen-bond donors (Lipinski definition) is 0. The molecule has 29 heavy (non-hydrogen) atoms. The van der Waals surface area contributed by atoms with E-state index in [1.54, 1.807) is 24.3 Å². The Morgan fingerprint density at radius 2 is 1.76 bits per heavy atom. The van der Waals surface area contributed by atoms with Gasteiger partial charge in [-0.2, -0.15) is 0 Å². The molecular weight excluding hydrogens is 440 g/mol. The van der Waals surface area contributed by atoms with Crippen LogP contribution in [0.3, 0.4) is 0 Å². The topological polar surface area (TPSA) is 76.2 Å². The fourth-order valence-electron chi connectivity index (χ4n) is 4.08. The molecule has 1 saturated heterocycles. The average Bonchev–Trinajstić information content (AvgIpc) is 3.04. The van der Waals surface area contributed by atoms with Gasteiger partial charge in [0.25, 0.3) is 5.91 Å². The number of rotatable bonds is 7. The van der Waals surface area contributed by atoms with Gasteiger partial charge in [-0.1, -0.05) is 35.2 Å². The molecule has 0 aromatic heterocycles. The molecule has 0 radical (unpaired) electrons. The molecule has 1 heterocycles. The number of imide groups is 1. The largest absolute Gasteiger partial charge is 0.354 e. The molecular formula is C21H27BrN2O5. The van der Waals surface area contributed by atoms with Crippen LogP contribution in [-0.4, -0.2) is 55.7 Å². The molecule has 1 atom stereocenters. The van der Waals surface area contributed by atoms with Crippen LogP contribution in [0.25, 0.3) is 0 Å². The number of hydrogen-bond acceptors (Lipinski definition) is 5. The SMILES string of the molecule is COC(CN(C(=O)C1CCCCC1)C1CC(=O)N(c2ccc(Br)cc2)C1=O)OC. The first-order valence-electron chi connectivity index (χ1n) is 9.94. The molecule has 0 spiro atoms. The second kappa shape index (κ2) is 9.82. The third-order valence-corrected chi connectivity index (χ3v) is 6.22. The highest BCUT2D eigenvalue weighted by molar-refractivity contribution is 9.10. The van der Waals surface area contributed by atoms with Crippen molar-refractivity contribution in [3.63, 3.8) is 0 Å².